The maximum absolute atomic E-state index is 6.23. The fourth-order valence-corrected chi connectivity index (χ4v) is 3.54. The van der Waals surface area contributed by atoms with Crippen LogP contribution in [0.2, 0.25) is 10.0 Å². The van der Waals surface area contributed by atoms with Crippen molar-refractivity contribution in [1.29, 1.82) is 0 Å². The van der Waals surface area contributed by atoms with Gasteiger partial charge in [0.25, 0.3) is 0 Å². The van der Waals surface area contributed by atoms with Gasteiger partial charge in [-0.1, -0.05) is 54.4 Å². The first kappa shape index (κ1) is 20.6. The molecule has 0 N–H and O–H groups in total. The normalized spacial score (nSPS) is 11.3. The molecule has 30 heavy (non-hydrogen) atoms. The van der Waals surface area contributed by atoms with Gasteiger partial charge in [0.05, 0.1) is 29.9 Å². The van der Waals surface area contributed by atoms with E-state index in [2.05, 4.69) is 27.0 Å². The molecule has 154 valence electrons. The molecule has 0 spiro atoms. The Labute approximate surface area is 184 Å². The van der Waals surface area contributed by atoms with Crippen molar-refractivity contribution in [1.82, 2.24) is 20.1 Å². The maximum atomic E-state index is 6.23. The van der Waals surface area contributed by atoms with Crippen molar-refractivity contribution in [2.24, 2.45) is 0 Å². The Hall–Kier alpha value is -2.67. The number of halogens is 2. The van der Waals surface area contributed by atoms with Crippen LogP contribution in [0.1, 0.15) is 25.1 Å². The number of hydrogen-bond donors (Lipinski definition) is 0. The molecule has 4 aromatic rings. The van der Waals surface area contributed by atoms with Crippen molar-refractivity contribution >= 4 is 23.2 Å². The van der Waals surface area contributed by atoms with E-state index in [4.69, 9.17) is 32.0 Å². The van der Waals surface area contributed by atoms with Crippen LogP contribution in [-0.2, 0) is 13.1 Å². The molecule has 0 aliphatic heterocycles. The van der Waals surface area contributed by atoms with Crippen LogP contribution in [0.3, 0.4) is 0 Å². The largest absolute Gasteiger partial charge is 0.439 e. The Morgan fingerprint density at radius 3 is 2.57 bits per heavy atom. The summed E-state index contributed by atoms with van der Waals surface area (Å²) in [5.41, 5.74) is 1.61. The zero-order valence-corrected chi connectivity index (χ0v) is 17.9. The topological polar surface area (TPSA) is 68.2 Å². The Morgan fingerprint density at radius 2 is 1.77 bits per heavy atom. The van der Waals surface area contributed by atoms with Crippen molar-refractivity contribution in [3.05, 3.63) is 76.6 Å². The lowest BCUT2D eigenvalue weighted by molar-refractivity contribution is 0.211. The summed E-state index contributed by atoms with van der Waals surface area (Å²) in [6.07, 6.45) is 2.68. The SMILES string of the molecule is CCCN(Cc1ncc(-c2cccc(Cl)c2)o1)Cc1nnc(-c2ccccc2Cl)o1. The first-order valence-corrected chi connectivity index (χ1v) is 10.4. The first-order valence-electron chi connectivity index (χ1n) is 9.62. The molecule has 2 heterocycles. The van der Waals surface area contributed by atoms with Gasteiger partial charge in [0.2, 0.25) is 17.7 Å². The summed E-state index contributed by atoms with van der Waals surface area (Å²) in [6.45, 7) is 3.96. The average molecular weight is 443 g/mol. The van der Waals surface area contributed by atoms with Gasteiger partial charge in [-0.15, -0.1) is 10.2 Å². The molecule has 0 amide bonds. The Kier molecular flexibility index (Phi) is 6.47. The van der Waals surface area contributed by atoms with Crippen LogP contribution in [0, 0.1) is 0 Å². The third-order valence-electron chi connectivity index (χ3n) is 4.49. The van der Waals surface area contributed by atoms with Crippen LogP contribution in [0.5, 0.6) is 0 Å². The minimum Gasteiger partial charge on any atom is -0.439 e. The van der Waals surface area contributed by atoms with Crippen molar-refractivity contribution in [3.63, 3.8) is 0 Å². The predicted molar refractivity (Wildman–Crippen MR) is 116 cm³/mol. The molecule has 0 saturated carbocycles. The lowest BCUT2D eigenvalue weighted by atomic mass is 10.2. The van der Waals surface area contributed by atoms with Crippen LogP contribution in [0.4, 0.5) is 0 Å². The molecule has 0 radical (unpaired) electrons. The lowest BCUT2D eigenvalue weighted by Gasteiger charge is -2.17. The van der Waals surface area contributed by atoms with Crippen LogP contribution in [0.25, 0.3) is 22.8 Å². The summed E-state index contributed by atoms with van der Waals surface area (Å²) in [6, 6.07) is 14.9. The van der Waals surface area contributed by atoms with E-state index in [9.17, 15) is 0 Å². The van der Waals surface area contributed by atoms with Crippen LogP contribution in [-0.4, -0.2) is 26.6 Å². The van der Waals surface area contributed by atoms with E-state index in [0.717, 1.165) is 24.1 Å². The van der Waals surface area contributed by atoms with Gasteiger partial charge in [-0.05, 0) is 37.2 Å². The van der Waals surface area contributed by atoms with Crippen molar-refractivity contribution < 1.29 is 8.83 Å². The fraction of sp³-hybridized carbons (Fsp3) is 0.227. The Bertz CT molecular complexity index is 1130. The third kappa shape index (κ3) is 4.90. The molecule has 0 aliphatic carbocycles. The highest BCUT2D eigenvalue weighted by Gasteiger charge is 2.17. The van der Waals surface area contributed by atoms with Crippen LogP contribution in [0.15, 0.2) is 63.6 Å². The number of benzene rings is 2. The molecule has 0 fully saturated rings. The van der Waals surface area contributed by atoms with Crippen molar-refractivity contribution in [2.45, 2.75) is 26.4 Å². The molecule has 4 rings (SSSR count). The monoisotopic (exact) mass is 442 g/mol. The van der Waals surface area contributed by atoms with E-state index >= 15 is 0 Å². The average Bonchev–Trinajstić information content (AvgIpc) is 3.38. The number of rotatable bonds is 8. The smallest absolute Gasteiger partial charge is 0.249 e. The van der Waals surface area contributed by atoms with Gasteiger partial charge in [-0.25, -0.2) is 4.98 Å². The minimum atomic E-state index is 0.409. The number of nitrogens with zero attached hydrogens (tertiary/aromatic N) is 4. The van der Waals surface area contributed by atoms with E-state index < -0.39 is 0 Å². The highest BCUT2D eigenvalue weighted by atomic mass is 35.5. The molecule has 0 atom stereocenters. The van der Waals surface area contributed by atoms with Gasteiger partial charge in [0.15, 0.2) is 5.76 Å². The summed E-state index contributed by atoms with van der Waals surface area (Å²) in [5, 5.41) is 9.55. The van der Waals surface area contributed by atoms with E-state index in [1.54, 1.807) is 12.3 Å². The van der Waals surface area contributed by atoms with Gasteiger partial charge < -0.3 is 8.83 Å². The second kappa shape index (κ2) is 9.43. The molecule has 6 nitrogen and oxygen atoms in total. The molecule has 2 aromatic heterocycles. The maximum Gasteiger partial charge on any atom is 0.249 e. The zero-order chi connectivity index (χ0) is 20.9. The number of hydrogen-bond acceptors (Lipinski definition) is 6. The quantitative estimate of drug-likeness (QED) is 0.327. The van der Waals surface area contributed by atoms with Crippen molar-refractivity contribution in [3.8, 4) is 22.8 Å². The summed E-state index contributed by atoms with van der Waals surface area (Å²) < 4.78 is 11.8. The van der Waals surface area contributed by atoms with Gasteiger partial charge in [0.1, 0.15) is 0 Å². The fourth-order valence-electron chi connectivity index (χ4n) is 3.13. The molecular formula is C22H20Cl2N4O2. The molecule has 8 heteroatoms. The molecule has 0 bridgehead atoms. The number of aromatic nitrogens is 3. The van der Waals surface area contributed by atoms with Gasteiger partial charge >= 0.3 is 0 Å². The lowest BCUT2D eigenvalue weighted by Crippen LogP contribution is -2.24. The summed E-state index contributed by atoms with van der Waals surface area (Å²) in [7, 11) is 0. The summed E-state index contributed by atoms with van der Waals surface area (Å²) in [4.78, 5) is 6.57. The number of oxazole rings is 1. The standard InChI is InChI=1S/C22H20Cl2N4O2/c1-2-10-28(13-20-25-12-19(29-20)15-6-5-7-16(23)11-15)14-21-26-27-22(30-21)17-8-3-4-9-18(17)24/h3-9,11-12H,2,10,13-14H2,1H3. The van der Waals surface area contributed by atoms with Gasteiger partial charge in [-0.3, -0.25) is 4.90 Å². The van der Waals surface area contributed by atoms with E-state index in [-0.39, 0.29) is 0 Å². The van der Waals surface area contributed by atoms with E-state index in [1.807, 2.05) is 42.5 Å². The Balaban J connectivity index is 1.47. The molecule has 0 aliphatic rings. The van der Waals surface area contributed by atoms with Gasteiger partial charge in [-0.2, -0.15) is 0 Å². The second-order valence-electron chi connectivity index (χ2n) is 6.82. The van der Waals surface area contributed by atoms with E-state index in [0.29, 0.717) is 46.6 Å². The second-order valence-corrected chi connectivity index (χ2v) is 7.66. The molecular weight excluding hydrogens is 423 g/mol. The first-order chi connectivity index (χ1) is 14.6. The Morgan fingerprint density at radius 1 is 0.933 bits per heavy atom. The highest BCUT2D eigenvalue weighted by Crippen LogP contribution is 2.27. The summed E-state index contributed by atoms with van der Waals surface area (Å²) in [5.74, 6) is 2.22. The van der Waals surface area contributed by atoms with Gasteiger partial charge in [0, 0.05) is 10.6 Å². The molecule has 0 saturated heterocycles. The zero-order valence-electron chi connectivity index (χ0n) is 16.4. The summed E-state index contributed by atoms with van der Waals surface area (Å²) >= 11 is 12.3. The van der Waals surface area contributed by atoms with Crippen LogP contribution < -0.4 is 0 Å². The highest BCUT2D eigenvalue weighted by molar-refractivity contribution is 6.33. The predicted octanol–water partition coefficient (Wildman–Crippen LogP) is 6.11. The third-order valence-corrected chi connectivity index (χ3v) is 5.06. The molecule has 0 unspecified atom stereocenters. The molecule has 2 aromatic carbocycles. The van der Waals surface area contributed by atoms with Crippen molar-refractivity contribution in [2.75, 3.05) is 6.54 Å². The minimum absolute atomic E-state index is 0.409. The van der Waals surface area contributed by atoms with E-state index in [1.165, 1.54) is 0 Å². The van der Waals surface area contributed by atoms with Crippen LogP contribution >= 0.6 is 23.2 Å².